The van der Waals surface area contributed by atoms with Gasteiger partial charge in [0.2, 0.25) is 5.89 Å². The van der Waals surface area contributed by atoms with Crippen LogP contribution in [0.3, 0.4) is 0 Å². The first-order valence-electron chi connectivity index (χ1n) is 7.63. The fourth-order valence-corrected chi connectivity index (χ4v) is 2.98. The minimum atomic E-state index is -0.666. The van der Waals surface area contributed by atoms with Crippen LogP contribution in [0, 0.1) is 12.8 Å². The molecule has 1 aromatic heterocycles. The van der Waals surface area contributed by atoms with Gasteiger partial charge in [0.1, 0.15) is 6.26 Å². The summed E-state index contributed by atoms with van der Waals surface area (Å²) >= 11 is 0. The first-order valence-corrected chi connectivity index (χ1v) is 7.63. The zero-order valence-corrected chi connectivity index (χ0v) is 12.6. The number of carboxylic acid groups (broad SMARTS) is 1. The molecule has 0 atom stereocenters. The molecule has 0 amide bonds. The lowest BCUT2D eigenvalue weighted by Gasteiger charge is -2.28. The number of hydrogen-bond donors (Lipinski definition) is 2. The van der Waals surface area contributed by atoms with Gasteiger partial charge in [-0.25, -0.2) is 4.98 Å². The summed E-state index contributed by atoms with van der Waals surface area (Å²) in [5, 5.41) is 12.6. The zero-order valence-electron chi connectivity index (χ0n) is 12.6. The molecule has 0 spiro atoms. The van der Waals surface area contributed by atoms with Gasteiger partial charge in [-0.1, -0.05) is 6.07 Å². The first-order chi connectivity index (χ1) is 10.6. The normalized spacial score (nSPS) is 21.5. The van der Waals surface area contributed by atoms with E-state index in [-0.39, 0.29) is 5.92 Å². The second-order valence-electron chi connectivity index (χ2n) is 5.90. The molecular formula is C17H20N2O3. The fraction of sp³-hybridized carbons (Fsp3) is 0.412. The van der Waals surface area contributed by atoms with Crippen molar-refractivity contribution in [3.63, 3.8) is 0 Å². The van der Waals surface area contributed by atoms with E-state index < -0.39 is 5.97 Å². The maximum absolute atomic E-state index is 11.0. The van der Waals surface area contributed by atoms with Crippen LogP contribution in [0.15, 0.2) is 35.1 Å². The van der Waals surface area contributed by atoms with Crippen molar-refractivity contribution >= 4 is 11.7 Å². The van der Waals surface area contributed by atoms with Gasteiger partial charge < -0.3 is 14.8 Å². The van der Waals surface area contributed by atoms with E-state index in [1.54, 1.807) is 12.5 Å². The van der Waals surface area contributed by atoms with E-state index in [0.29, 0.717) is 11.9 Å². The lowest BCUT2D eigenvalue weighted by Crippen LogP contribution is -2.29. The van der Waals surface area contributed by atoms with Gasteiger partial charge in [-0.3, -0.25) is 4.79 Å². The largest absolute Gasteiger partial charge is 0.481 e. The predicted molar refractivity (Wildman–Crippen MR) is 83.7 cm³/mol. The molecule has 0 saturated heterocycles. The number of aromatic nitrogens is 1. The van der Waals surface area contributed by atoms with Gasteiger partial charge in [0.25, 0.3) is 0 Å². The summed E-state index contributed by atoms with van der Waals surface area (Å²) in [6.07, 6.45) is 6.46. The third-order valence-corrected chi connectivity index (χ3v) is 4.35. The second-order valence-corrected chi connectivity index (χ2v) is 5.90. The number of nitrogens with one attached hydrogen (secondary N) is 1. The van der Waals surface area contributed by atoms with Crippen LogP contribution in [0.1, 0.15) is 31.2 Å². The molecule has 1 aliphatic carbocycles. The number of nitrogens with zero attached hydrogens (tertiary/aromatic N) is 1. The molecule has 2 N–H and O–H groups in total. The third-order valence-electron chi connectivity index (χ3n) is 4.35. The summed E-state index contributed by atoms with van der Waals surface area (Å²) in [7, 11) is 0. The number of aliphatic carboxylic acids is 1. The van der Waals surface area contributed by atoms with Crippen LogP contribution < -0.4 is 5.32 Å². The minimum absolute atomic E-state index is 0.183. The quantitative estimate of drug-likeness (QED) is 0.900. The molecular weight excluding hydrogens is 280 g/mol. The van der Waals surface area contributed by atoms with Crippen LogP contribution in [0.5, 0.6) is 0 Å². The monoisotopic (exact) mass is 300 g/mol. The van der Waals surface area contributed by atoms with Gasteiger partial charge in [0, 0.05) is 17.3 Å². The Morgan fingerprint density at radius 1 is 1.32 bits per heavy atom. The molecule has 0 bridgehead atoms. The van der Waals surface area contributed by atoms with Gasteiger partial charge in [-0.2, -0.15) is 0 Å². The Morgan fingerprint density at radius 2 is 2.09 bits per heavy atom. The fourth-order valence-electron chi connectivity index (χ4n) is 2.98. The number of anilines is 1. The van der Waals surface area contributed by atoms with Crippen LogP contribution in [0.2, 0.25) is 0 Å². The molecule has 1 fully saturated rings. The average Bonchev–Trinajstić information content (AvgIpc) is 3.04. The highest BCUT2D eigenvalue weighted by atomic mass is 16.4. The summed E-state index contributed by atoms with van der Waals surface area (Å²) in [6.45, 7) is 2.06. The Labute approximate surface area is 129 Å². The lowest BCUT2D eigenvalue weighted by molar-refractivity contribution is -0.142. The maximum atomic E-state index is 11.0. The highest BCUT2D eigenvalue weighted by Crippen LogP contribution is 2.29. The van der Waals surface area contributed by atoms with E-state index in [1.165, 1.54) is 0 Å². The van der Waals surface area contributed by atoms with Crippen molar-refractivity contribution in [3.8, 4) is 11.5 Å². The van der Waals surface area contributed by atoms with E-state index in [2.05, 4.69) is 17.2 Å². The Morgan fingerprint density at radius 3 is 2.73 bits per heavy atom. The van der Waals surface area contributed by atoms with E-state index in [1.807, 2.05) is 18.2 Å². The number of aryl methyl sites for hydroxylation is 1. The molecule has 1 aromatic carbocycles. The Kier molecular flexibility index (Phi) is 4.13. The molecule has 1 aliphatic rings. The third kappa shape index (κ3) is 3.13. The molecule has 3 rings (SSSR count). The molecule has 0 unspecified atom stereocenters. The number of carbonyl (C=O) groups is 1. The smallest absolute Gasteiger partial charge is 0.306 e. The Balaban J connectivity index is 1.70. The molecule has 5 heteroatoms. The topological polar surface area (TPSA) is 75.4 Å². The SMILES string of the molecule is Cc1ccc(-c2ncco2)cc1NC1CCC(C(=O)O)CC1. The second kappa shape index (κ2) is 6.22. The average molecular weight is 300 g/mol. The van der Waals surface area contributed by atoms with Gasteiger partial charge in [0.15, 0.2) is 0 Å². The molecule has 1 saturated carbocycles. The highest BCUT2D eigenvalue weighted by molar-refractivity contribution is 5.70. The minimum Gasteiger partial charge on any atom is -0.481 e. The van der Waals surface area contributed by atoms with E-state index >= 15 is 0 Å². The summed E-state index contributed by atoms with van der Waals surface area (Å²) in [4.78, 5) is 15.2. The van der Waals surface area contributed by atoms with Gasteiger partial charge >= 0.3 is 5.97 Å². The molecule has 0 aliphatic heterocycles. The van der Waals surface area contributed by atoms with Crippen LogP contribution in [-0.4, -0.2) is 22.1 Å². The van der Waals surface area contributed by atoms with Crippen LogP contribution in [0.4, 0.5) is 5.69 Å². The summed E-state index contributed by atoms with van der Waals surface area (Å²) in [6, 6.07) is 6.41. The van der Waals surface area contributed by atoms with Crippen molar-refractivity contribution in [1.82, 2.24) is 4.98 Å². The molecule has 22 heavy (non-hydrogen) atoms. The summed E-state index contributed by atoms with van der Waals surface area (Å²) < 4.78 is 5.34. The first kappa shape index (κ1) is 14.6. The van der Waals surface area contributed by atoms with Gasteiger partial charge in [-0.05, 0) is 50.3 Å². The number of carboxylic acids is 1. The van der Waals surface area contributed by atoms with Crippen molar-refractivity contribution in [3.05, 3.63) is 36.2 Å². The van der Waals surface area contributed by atoms with Crippen molar-refractivity contribution < 1.29 is 14.3 Å². The Hall–Kier alpha value is -2.30. The van der Waals surface area contributed by atoms with Crippen molar-refractivity contribution in [2.75, 3.05) is 5.32 Å². The highest BCUT2D eigenvalue weighted by Gasteiger charge is 2.26. The zero-order chi connectivity index (χ0) is 15.5. The van der Waals surface area contributed by atoms with Gasteiger partial charge in [-0.15, -0.1) is 0 Å². The van der Waals surface area contributed by atoms with Crippen molar-refractivity contribution in [2.24, 2.45) is 5.92 Å². The van der Waals surface area contributed by atoms with E-state index in [0.717, 1.165) is 42.5 Å². The van der Waals surface area contributed by atoms with Crippen molar-refractivity contribution in [2.45, 2.75) is 38.6 Å². The molecule has 0 radical (unpaired) electrons. The number of oxazole rings is 1. The van der Waals surface area contributed by atoms with Gasteiger partial charge in [0.05, 0.1) is 12.1 Å². The van der Waals surface area contributed by atoms with E-state index in [4.69, 9.17) is 9.52 Å². The van der Waals surface area contributed by atoms with Crippen LogP contribution in [0.25, 0.3) is 11.5 Å². The number of benzene rings is 1. The standard InChI is InChI=1S/C17H20N2O3/c1-11-2-3-13(16-18-8-9-22-16)10-15(11)19-14-6-4-12(5-7-14)17(20)21/h2-3,8-10,12,14,19H,4-7H2,1H3,(H,20,21). The van der Waals surface area contributed by atoms with Crippen LogP contribution in [-0.2, 0) is 4.79 Å². The Bertz CT molecular complexity index is 644. The maximum Gasteiger partial charge on any atom is 0.306 e. The summed E-state index contributed by atoms with van der Waals surface area (Å²) in [5.41, 5.74) is 3.17. The summed E-state index contributed by atoms with van der Waals surface area (Å²) in [5.74, 6) is -0.240. The van der Waals surface area contributed by atoms with Crippen LogP contribution >= 0.6 is 0 Å². The lowest BCUT2D eigenvalue weighted by atomic mass is 9.86. The molecule has 1 heterocycles. The predicted octanol–water partition coefficient (Wildman–Crippen LogP) is 3.71. The van der Waals surface area contributed by atoms with E-state index in [9.17, 15) is 4.79 Å². The molecule has 5 nitrogen and oxygen atoms in total. The number of rotatable bonds is 4. The van der Waals surface area contributed by atoms with Crippen molar-refractivity contribution in [1.29, 1.82) is 0 Å². The molecule has 2 aromatic rings. The number of hydrogen-bond acceptors (Lipinski definition) is 4. The molecule has 116 valence electrons.